The Morgan fingerprint density at radius 2 is 2.46 bits per heavy atom. The summed E-state index contributed by atoms with van der Waals surface area (Å²) in [6.07, 6.45) is 2.71. The number of amides is 1. The zero-order valence-corrected chi connectivity index (χ0v) is 8.05. The predicted octanol–water partition coefficient (Wildman–Crippen LogP) is -0.374. The molecule has 2 atom stereocenters. The number of hydrogen-bond acceptors (Lipinski definition) is 3. The second kappa shape index (κ2) is 5.19. The Morgan fingerprint density at radius 1 is 1.69 bits per heavy atom. The highest BCUT2D eigenvalue weighted by Gasteiger charge is 2.19. The zero-order chi connectivity index (χ0) is 9.68. The Morgan fingerprint density at radius 3 is 3.00 bits per heavy atom. The van der Waals surface area contributed by atoms with Crippen LogP contribution in [0.25, 0.3) is 0 Å². The van der Waals surface area contributed by atoms with E-state index in [0.717, 1.165) is 25.8 Å². The minimum atomic E-state index is -0.465. The minimum absolute atomic E-state index is 0.0144. The molecule has 3 N–H and O–H groups in total. The van der Waals surface area contributed by atoms with Crippen LogP contribution in [0.5, 0.6) is 0 Å². The van der Waals surface area contributed by atoms with Gasteiger partial charge < -0.3 is 15.7 Å². The lowest BCUT2D eigenvalue weighted by molar-refractivity contribution is -0.124. The normalized spacial score (nSPS) is 25.2. The minimum Gasteiger partial charge on any atom is -0.392 e. The Bertz CT molecular complexity index is 165. The van der Waals surface area contributed by atoms with Crippen molar-refractivity contribution < 1.29 is 9.90 Å². The van der Waals surface area contributed by atoms with Gasteiger partial charge in [0, 0.05) is 6.54 Å². The van der Waals surface area contributed by atoms with Gasteiger partial charge in [-0.05, 0) is 26.3 Å². The molecule has 1 heterocycles. The molecule has 4 heteroatoms. The van der Waals surface area contributed by atoms with Crippen molar-refractivity contribution >= 4 is 5.91 Å². The lowest BCUT2D eigenvalue weighted by atomic mass is 10.0. The molecule has 1 rings (SSSR count). The van der Waals surface area contributed by atoms with Crippen LogP contribution in [0.15, 0.2) is 0 Å². The first-order chi connectivity index (χ1) is 6.20. The molecule has 0 aromatic heterocycles. The van der Waals surface area contributed by atoms with Gasteiger partial charge in [0.2, 0.25) is 5.91 Å². The van der Waals surface area contributed by atoms with Crippen molar-refractivity contribution in [1.29, 1.82) is 0 Å². The Balaban J connectivity index is 2.21. The summed E-state index contributed by atoms with van der Waals surface area (Å²) in [5.41, 5.74) is 0. The molecule has 13 heavy (non-hydrogen) atoms. The summed E-state index contributed by atoms with van der Waals surface area (Å²) in [5.74, 6) is 0.0144. The van der Waals surface area contributed by atoms with E-state index in [4.69, 9.17) is 5.11 Å². The van der Waals surface area contributed by atoms with E-state index in [9.17, 15) is 4.79 Å². The molecule has 0 saturated carbocycles. The molecule has 0 bridgehead atoms. The fourth-order valence-corrected chi connectivity index (χ4v) is 1.45. The van der Waals surface area contributed by atoms with E-state index < -0.39 is 6.10 Å². The van der Waals surface area contributed by atoms with Gasteiger partial charge in [0.05, 0.1) is 12.1 Å². The van der Waals surface area contributed by atoms with Gasteiger partial charge in [-0.1, -0.05) is 6.42 Å². The first kappa shape index (κ1) is 10.5. The van der Waals surface area contributed by atoms with Gasteiger partial charge >= 0.3 is 0 Å². The van der Waals surface area contributed by atoms with Gasteiger partial charge in [0.25, 0.3) is 0 Å². The number of aliphatic hydroxyl groups is 1. The summed E-state index contributed by atoms with van der Waals surface area (Å²) in [6, 6.07) is -0.0486. The second-order valence-electron chi connectivity index (χ2n) is 3.60. The number of nitrogens with one attached hydrogen (secondary N) is 2. The molecule has 4 nitrogen and oxygen atoms in total. The van der Waals surface area contributed by atoms with Crippen molar-refractivity contribution in [2.45, 2.75) is 38.3 Å². The summed E-state index contributed by atoms with van der Waals surface area (Å²) in [7, 11) is 0. The van der Waals surface area contributed by atoms with Crippen molar-refractivity contribution in [3.8, 4) is 0 Å². The standard InChI is InChI=1S/C9H18N2O2/c1-7(12)6-11-9(13)8-4-2-3-5-10-8/h7-8,10,12H,2-6H2,1H3,(H,11,13)/t7-,8?/m0/s1. The molecule has 1 saturated heterocycles. The number of piperidine rings is 1. The largest absolute Gasteiger partial charge is 0.392 e. The Labute approximate surface area is 78.7 Å². The number of aliphatic hydroxyl groups excluding tert-OH is 1. The van der Waals surface area contributed by atoms with Crippen molar-refractivity contribution in [1.82, 2.24) is 10.6 Å². The van der Waals surface area contributed by atoms with Gasteiger partial charge in [-0.2, -0.15) is 0 Å². The van der Waals surface area contributed by atoms with Crippen LogP contribution in [0, 0.1) is 0 Å². The van der Waals surface area contributed by atoms with Crippen LogP contribution >= 0.6 is 0 Å². The lowest BCUT2D eigenvalue weighted by Crippen LogP contribution is -2.47. The van der Waals surface area contributed by atoms with Crippen molar-refractivity contribution in [2.24, 2.45) is 0 Å². The molecule has 0 aromatic rings. The average molecular weight is 186 g/mol. The Kier molecular flexibility index (Phi) is 4.18. The van der Waals surface area contributed by atoms with Crippen LogP contribution in [0.2, 0.25) is 0 Å². The number of carbonyl (C=O) groups is 1. The molecule has 1 aliphatic rings. The molecule has 0 radical (unpaired) electrons. The smallest absolute Gasteiger partial charge is 0.237 e. The van der Waals surface area contributed by atoms with Crippen LogP contribution in [-0.2, 0) is 4.79 Å². The molecule has 76 valence electrons. The molecule has 1 unspecified atom stereocenters. The second-order valence-corrected chi connectivity index (χ2v) is 3.60. The van der Waals surface area contributed by atoms with Crippen LogP contribution in [0.3, 0.4) is 0 Å². The van der Waals surface area contributed by atoms with Gasteiger partial charge in [-0.25, -0.2) is 0 Å². The molecule has 0 aliphatic carbocycles. The van der Waals surface area contributed by atoms with Crippen molar-refractivity contribution in [3.63, 3.8) is 0 Å². The van der Waals surface area contributed by atoms with E-state index in [-0.39, 0.29) is 11.9 Å². The maximum Gasteiger partial charge on any atom is 0.237 e. The SMILES string of the molecule is C[C@H](O)CNC(=O)C1CCCCN1. The third-order valence-electron chi connectivity index (χ3n) is 2.20. The maximum absolute atomic E-state index is 11.4. The van der Waals surface area contributed by atoms with E-state index in [1.807, 2.05) is 0 Å². The predicted molar refractivity (Wildman–Crippen MR) is 50.3 cm³/mol. The summed E-state index contributed by atoms with van der Waals surface area (Å²) in [4.78, 5) is 11.4. The van der Waals surface area contributed by atoms with Crippen LogP contribution in [-0.4, -0.2) is 36.2 Å². The average Bonchev–Trinajstić information content (AvgIpc) is 2.15. The number of hydrogen-bond donors (Lipinski definition) is 3. The fraction of sp³-hybridized carbons (Fsp3) is 0.889. The zero-order valence-electron chi connectivity index (χ0n) is 8.05. The van der Waals surface area contributed by atoms with E-state index in [0.29, 0.717) is 6.54 Å². The van der Waals surface area contributed by atoms with Crippen LogP contribution in [0.1, 0.15) is 26.2 Å². The van der Waals surface area contributed by atoms with E-state index >= 15 is 0 Å². The van der Waals surface area contributed by atoms with E-state index in [1.54, 1.807) is 6.92 Å². The summed E-state index contributed by atoms with van der Waals surface area (Å²) < 4.78 is 0. The molecular formula is C9H18N2O2. The third-order valence-corrected chi connectivity index (χ3v) is 2.20. The van der Waals surface area contributed by atoms with E-state index in [2.05, 4.69) is 10.6 Å². The molecule has 0 spiro atoms. The summed E-state index contributed by atoms with van der Waals surface area (Å²) in [5, 5.41) is 14.8. The molecule has 1 fully saturated rings. The third kappa shape index (κ3) is 3.74. The van der Waals surface area contributed by atoms with Gasteiger partial charge in [0.15, 0.2) is 0 Å². The maximum atomic E-state index is 11.4. The van der Waals surface area contributed by atoms with Crippen molar-refractivity contribution in [2.75, 3.05) is 13.1 Å². The Hall–Kier alpha value is -0.610. The summed E-state index contributed by atoms with van der Waals surface area (Å²) in [6.45, 7) is 2.93. The quantitative estimate of drug-likeness (QED) is 0.563. The lowest BCUT2D eigenvalue weighted by Gasteiger charge is -2.22. The van der Waals surface area contributed by atoms with E-state index in [1.165, 1.54) is 0 Å². The van der Waals surface area contributed by atoms with Gasteiger partial charge in [-0.3, -0.25) is 4.79 Å². The number of rotatable bonds is 3. The van der Waals surface area contributed by atoms with Crippen LogP contribution < -0.4 is 10.6 Å². The highest BCUT2D eigenvalue weighted by atomic mass is 16.3. The molecule has 1 aliphatic heterocycles. The molecule has 0 aromatic carbocycles. The first-order valence-electron chi connectivity index (χ1n) is 4.89. The monoisotopic (exact) mass is 186 g/mol. The first-order valence-corrected chi connectivity index (χ1v) is 4.89. The highest BCUT2D eigenvalue weighted by molar-refractivity contribution is 5.81. The fourth-order valence-electron chi connectivity index (χ4n) is 1.45. The van der Waals surface area contributed by atoms with Crippen LogP contribution in [0.4, 0.5) is 0 Å². The summed E-state index contributed by atoms with van der Waals surface area (Å²) >= 11 is 0. The topological polar surface area (TPSA) is 61.4 Å². The molecular weight excluding hydrogens is 168 g/mol. The highest BCUT2D eigenvalue weighted by Crippen LogP contribution is 2.06. The van der Waals surface area contributed by atoms with Gasteiger partial charge in [-0.15, -0.1) is 0 Å². The van der Waals surface area contributed by atoms with Gasteiger partial charge in [0.1, 0.15) is 0 Å². The molecule has 1 amide bonds. The number of carbonyl (C=O) groups excluding carboxylic acids is 1. The van der Waals surface area contributed by atoms with Crippen molar-refractivity contribution in [3.05, 3.63) is 0 Å².